The van der Waals surface area contributed by atoms with Gasteiger partial charge in [0.05, 0.1) is 22.3 Å². The van der Waals surface area contributed by atoms with Crippen molar-refractivity contribution in [1.29, 1.82) is 5.26 Å². The number of piperidine rings is 1. The van der Waals surface area contributed by atoms with Crippen LogP contribution in [0.1, 0.15) is 35.1 Å². The molecule has 0 aliphatic carbocycles. The van der Waals surface area contributed by atoms with Gasteiger partial charge in [0.1, 0.15) is 5.75 Å². The quantitative estimate of drug-likeness (QED) is 0.534. The minimum atomic E-state index is 0.330. The van der Waals surface area contributed by atoms with Gasteiger partial charge < -0.3 is 15.0 Å². The molecule has 7 nitrogen and oxygen atoms in total. The molecule has 0 radical (unpaired) electrons. The Bertz CT molecular complexity index is 1100. The monoisotopic (exact) mass is 492 g/mol. The van der Waals surface area contributed by atoms with Gasteiger partial charge in [-0.3, -0.25) is 4.98 Å². The van der Waals surface area contributed by atoms with E-state index in [1.54, 1.807) is 6.20 Å². The Morgan fingerprint density at radius 1 is 1.19 bits per heavy atom. The van der Waals surface area contributed by atoms with Gasteiger partial charge in [-0.2, -0.15) is 10.2 Å². The first kappa shape index (κ1) is 22.2. The SMILES string of the molecule is Cc1cc(C#N)cc(C)c1Oc1nc(N(Cc2ccncc2)C2CCNCC2)ncc1Br. The summed E-state index contributed by atoms with van der Waals surface area (Å²) < 4.78 is 6.92. The van der Waals surface area contributed by atoms with Crippen LogP contribution in [0.5, 0.6) is 11.6 Å². The van der Waals surface area contributed by atoms with Crippen LogP contribution in [0.4, 0.5) is 5.95 Å². The van der Waals surface area contributed by atoms with E-state index in [4.69, 9.17) is 9.72 Å². The fourth-order valence-electron chi connectivity index (χ4n) is 3.99. The highest BCUT2D eigenvalue weighted by Crippen LogP contribution is 2.34. The van der Waals surface area contributed by atoms with E-state index in [9.17, 15) is 5.26 Å². The Balaban J connectivity index is 1.68. The third-order valence-corrected chi connectivity index (χ3v) is 6.14. The van der Waals surface area contributed by atoms with Crippen molar-refractivity contribution in [3.8, 4) is 17.7 Å². The molecule has 0 unspecified atom stereocenters. The highest BCUT2D eigenvalue weighted by atomic mass is 79.9. The maximum absolute atomic E-state index is 9.22. The molecule has 1 fully saturated rings. The molecule has 1 aliphatic rings. The third kappa shape index (κ3) is 5.06. The third-order valence-electron chi connectivity index (χ3n) is 5.60. The number of nitrogens with one attached hydrogen (secondary N) is 1. The molecule has 3 heterocycles. The number of aromatic nitrogens is 3. The summed E-state index contributed by atoms with van der Waals surface area (Å²) in [5.41, 5.74) is 3.55. The number of ether oxygens (including phenoxy) is 1. The van der Waals surface area contributed by atoms with E-state index in [1.165, 1.54) is 0 Å². The number of halogens is 1. The van der Waals surface area contributed by atoms with Crippen molar-refractivity contribution >= 4 is 21.9 Å². The molecule has 1 N–H and O–H groups in total. The molecule has 164 valence electrons. The largest absolute Gasteiger partial charge is 0.437 e. The molecule has 0 saturated carbocycles. The minimum Gasteiger partial charge on any atom is -0.437 e. The topological polar surface area (TPSA) is 87.0 Å². The van der Waals surface area contributed by atoms with Gasteiger partial charge in [-0.15, -0.1) is 0 Å². The van der Waals surface area contributed by atoms with E-state index >= 15 is 0 Å². The zero-order valence-electron chi connectivity index (χ0n) is 18.2. The van der Waals surface area contributed by atoms with Crippen LogP contribution >= 0.6 is 15.9 Å². The number of nitrogens with zero attached hydrogens (tertiary/aromatic N) is 5. The number of nitriles is 1. The molecular formula is C24H25BrN6O. The molecular weight excluding hydrogens is 468 g/mol. The Morgan fingerprint density at radius 3 is 2.53 bits per heavy atom. The molecule has 0 bridgehead atoms. The van der Waals surface area contributed by atoms with E-state index in [0.717, 1.165) is 42.6 Å². The highest BCUT2D eigenvalue weighted by molar-refractivity contribution is 9.10. The summed E-state index contributed by atoms with van der Waals surface area (Å²) >= 11 is 3.54. The predicted octanol–water partition coefficient (Wildman–Crippen LogP) is 4.67. The molecule has 2 aromatic heterocycles. The lowest BCUT2D eigenvalue weighted by molar-refractivity contribution is 0.417. The zero-order chi connectivity index (χ0) is 22.5. The van der Waals surface area contributed by atoms with Crippen molar-refractivity contribution in [2.45, 2.75) is 39.3 Å². The van der Waals surface area contributed by atoms with Crippen LogP contribution in [0.2, 0.25) is 0 Å². The summed E-state index contributed by atoms with van der Waals surface area (Å²) in [5, 5.41) is 12.6. The molecule has 0 amide bonds. The summed E-state index contributed by atoms with van der Waals surface area (Å²) in [6.45, 7) is 6.51. The molecule has 0 atom stereocenters. The van der Waals surface area contributed by atoms with Crippen molar-refractivity contribution in [1.82, 2.24) is 20.3 Å². The van der Waals surface area contributed by atoms with Crippen molar-refractivity contribution < 1.29 is 4.74 Å². The van der Waals surface area contributed by atoms with Gasteiger partial charge in [-0.05, 0) is 96.7 Å². The average Bonchev–Trinajstić information content (AvgIpc) is 2.82. The van der Waals surface area contributed by atoms with Gasteiger partial charge in [-0.1, -0.05) is 0 Å². The van der Waals surface area contributed by atoms with Crippen molar-refractivity contribution in [3.63, 3.8) is 0 Å². The number of aryl methyl sites for hydroxylation is 2. The lowest BCUT2D eigenvalue weighted by atomic mass is 10.0. The van der Waals surface area contributed by atoms with Gasteiger partial charge in [0.2, 0.25) is 11.8 Å². The molecule has 8 heteroatoms. The van der Waals surface area contributed by atoms with E-state index in [-0.39, 0.29) is 0 Å². The first-order valence-corrected chi connectivity index (χ1v) is 11.4. The Hall–Kier alpha value is -3.02. The molecule has 3 aromatic rings. The number of hydrogen-bond acceptors (Lipinski definition) is 7. The molecule has 1 aliphatic heterocycles. The second-order valence-electron chi connectivity index (χ2n) is 7.94. The van der Waals surface area contributed by atoms with Crippen molar-refractivity contribution in [2.24, 2.45) is 0 Å². The second kappa shape index (κ2) is 10.1. The van der Waals surface area contributed by atoms with Crippen LogP contribution < -0.4 is 15.0 Å². The van der Waals surface area contributed by atoms with Crippen LogP contribution in [0, 0.1) is 25.2 Å². The Labute approximate surface area is 196 Å². The zero-order valence-corrected chi connectivity index (χ0v) is 19.8. The van der Waals surface area contributed by atoms with E-state index in [1.807, 2.05) is 50.5 Å². The minimum absolute atomic E-state index is 0.330. The van der Waals surface area contributed by atoms with E-state index < -0.39 is 0 Å². The van der Waals surface area contributed by atoms with Gasteiger partial charge >= 0.3 is 0 Å². The molecule has 1 saturated heterocycles. The van der Waals surface area contributed by atoms with Gasteiger partial charge in [0.25, 0.3) is 0 Å². The number of hydrogen-bond donors (Lipinski definition) is 1. The highest BCUT2D eigenvalue weighted by Gasteiger charge is 2.25. The first-order valence-electron chi connectivity index (χ1n) is 10.6. The van der Waals surface area contributed by atoms with E-state index in [0.29, 0.717) is 40.2 Å². The van der Waals surface area contributed by atoms with Crippen molar-refractivity contribution in [3.05, 3.63) is 69.6 Å². The van der Waals surface area contributed by atoms with Crippen LogP contribution in [0.3, 0.4) is 0 Å². The maximum Gasteiger partial charge on any atom is 0.238 e. The summed E-state index contributed by atoms with van der Waals surface area (Å²) in [5.74, 6) is 1.80. The van der Waals surface area contributed by atoms with Gasteiger partial charge in [0.15, 0.2) is 0 Å². The average molecular weight is 493 g/mol. The summed E-state index contributed by atoms with van der Waals surface area (Å²) in [7, 11) is 0. The van der Waals surface area contributed by atoms with Crippen LogP contribution in [0.15, 0.2) is 47.3 Å². The van der Waals surface area contributed by atoms with Crippen LogP contribution in [-0.2, 0) is 6.54 Å². The number of benzene rings is 1. The summed E-state index contributed by atoms with van der Waals surface area (Å²) in [6, 6.07) is 10.2. The van der Waals surface area contributed by atoms with Crippen molar-refractivity contribution in [2.75, 3.05) is 18.0 Å². The lowest BCUT2D eigenvalue weighted by Crippen LogP contribution is -2.43. The van der Waals surface area contributed by atoms with Crippen LogP contribution in [-0.4, -0.2) is 34.1 Å². The second-order valence-corrected chi connectivity index (χ2v) is 8.79. The molecule has 0 spiro atoms. The Kier molecular flexibility index (Phi) is 6.98. The smallest absolute Gasteiger partial charge is 0.238 e. The molecule has 32 heavy (non-hydrogen) atoms. The molecule has 1 aromatic carbocycles. The number of rotatable bonds is 6. The first-order chi connectivity index (χ1) is 15.5. The van der Waals surface area contributed by atoms with Gasteiger partial charge in [0, 0.05) is 25.0 Å². The predicted molar refractivity (Wildman–Crippen MR) is 127 cm³/mol. The fraction of sp³-hybridized carbons (Fsp3) is 0.333. The molecule has 4 rings (SSSR count). The number of pyridine rings is 1. The summed E-state index contributed by atoms with van der Waals surface area (Å²) in [4.78, 5) is 15.8. The maximum atomic E-state index is 9.22. The lowest BCUT2D eigenvalue weighted by Gasteiger charge is -2.35. The van der Waals surface area contributed by atoms with Gasteiger partial charge in [-0.25, -0.2) is 4.98 Å². The standard InChI is InChI=1S/C24H25BrN6O/c1-16-11-19(13-26)12-17(2)22(16)32-23-21(25)14-29-24(30-23)31(20-5-9-28-10-6-20)15-18-3-7-27-8-4-18/h3-4,7-8,11-12,14,20,28H,5-6,9-10,15H2,1-2H3. The Morgan fingerprint density at radius 2 is 1.88 bits per heavy atom. The summed E-state index contributed by atoms with van der Waals surface area (Å²) in [6.07, 6.45) is 7.41. The fourth-order valence-corrected chi connectivity index (χ4v) is 4.26. The van der Waals surface area contributed by atoms with E-state index in [2.05, 4.69) is 42.2 Å². The van der Waals surface area contributed by atoms with Crippen LogP contribution in [0.25, 0.3) is 0 Å². The normalized spacial score (nSPS) is 14.1. The number of anilines is 1.